The van der Waals surface area contributed by atoms with E-state index in [0.29, 0.717) is 48.5 Å². The minimum Gasteiger partial charge on any atom is -0.341 e. The van der Waals surface area contributed by atoms with E-state index in [2.05, 4.69) is 55.2 Å². The summed E-state index contributed by atoms with van der Waals surface area (Å²) < 4.78 is 0. The molecule has 0 radical (unpaired) electrons. The average Bonchev–Trinajstić information content (AvgIpc) is 3.63. The third-order valence-electron chi connectivity index (χ3n) is 5.41. The number of nitrogens with zero attached hydrogens (tertiary/aromatic N) is 3. The fourth-order valence-corrected chi connectivity index (χ4v) is 3.14. The fraction of sp³-hybridized carbons (Fsp3) is 0.714. The second-order valence-electron chi connectivity index (χ2n) is 8.34. The highest BCUT2D eigenvalue weighted by molar-refractivity contribution is 5.05. The molecule has 0 spiro atoms. The minimum absolute atomic E-state index is 0.167. The van der Waals surface area contributed by atoms with Crippen LogP contribution in [0, 0.1) is 0 Å². The Labute approximate surface area is 179 Å². The summed E-state index contributed by atoms with van der Waals surface area (Å²) in [6.07, 6.45) is 0. The maximum absolute atomic E-state index is 5.39. The van der Waals surface area contributed by atoms with E-state index in [1.54, 1.807) is 0 Å². The highest BCUT2D eigenvalue weighted by atomic mass is 17.2. The van der Waals surface area contributed by atoms with E-state index in [9.17, 15) is 0 Å². The molecule has 7 atom stereocenters. The first kappa shape index (κ1) is 23.1. The Balaban J connectivity index is 1.24. The van der Waals surface area contributed by atoms with E-state index >= 15 is 0 Å². The van der Waals surface area contributed by atoms with Crippen molar-refractivity contribution in [2.75, 3.05) is 52.5 Å². The van der Waals surface area contributed by atoms with Crippen molar-refractivity contribution < 1.29 is 29.3 Å². The summed E-state index contributed by atoms with van der Waals surface area (Å²) in [6, 6.07) is 1.46. The topological polar surface area (TPSA) is 64.4 Å². The van der Waals surface area contributed by atoms with Gasteiger partial charge in [-0.3, -0.25) is 14.7 Å². The van der Waals surface area contributed by atoms with Crippen LogP contribution >= 0.6 is 0 Å². The van der Waals surface area contributed by atoms with Crippen LogP contribution in [-0.4, -0.2) is 91.4 Å². The van der Waals surface area contributed by atoms with Crippen molar-refractivity contribution in [1.29, 1.82) is 0 Å². The van der Waals surface area contributed by atoms with Gasteiger partial charge in [0, 0.05) is 37.8 Å². The molecule has 3 rings (SSSR count). The van der Waals surface area contributed by atoms with Crippen LogP contribution in [0.5, 0.6) is 0 Å². The summed E-state index contributed by atoms with van der Waals surface area (Å²) in [6.45, 7) is 23.2. The zero-order chi connectivity index (χ0) is 21.7. The summed E-state index contributed by atoms with van der Waals surface area (Å²) in [7, 11) is 0. The van der Waals surface area contributed by atoms with Gasteiger partial charge in [-0.2, -0.15) is 14.7 Å². The maximum atomic E-state index is 5.39. The molecule has 3 aliphatic heterocycles. The molecular weight excluding hydrogens is 390 g/mol. The van der Waals surface area contributed by atoms with Gasteiger partial charge in [0.05, 0.1) is 19.1 Å². The summed E-state index contributed by atoms with van der Waals surface area (Å²) in [5.41, 5.74) is 0. The molecular formula is C21H35N3O6. The van der Waals surface area contributed by atoms with Crippen LogP contribution in [0.15, 0.2) is 37.0 Å². The summed E-state index contributed by atoms with van der Waals surface area (Å²) in [5.74, 6) is 1.62. The van der Waals surface area contributed by atoms with Crippen molar-refractivity contribution >= 4 is 0 Å². The summed E-state index contributed by atoms with van der Waals surface area (Å²) >= 11 is 0. The van der Waals surface area contributed by atoms with E-state index in [1.165, 1.54) is 0 Å². The molecule has 3 aliphatic rings. The average molecular weight is 426 g/mol. The Hall–Kier alpha value is -1.62. The van der Waals surface area contributed by atoms with Crippen LogP contribution in [0.25, 0.3) is 0 Å². The van der Waals surface area contributed by atoms with Gasteiger partial charge < -0.3 is 14.7 Å². The van der Waals surface area contributed by atoms with E-state index in [1.807, 2.05) is 0 Å². The van der Waals surface area contributed by atoms with E-state index in [0.717, 1.165) is 19.6 Å². The van der Waals surface area contributed by atoms with Crippen LogP contribution in [0.3, 0.4) is 0 Å². The fourth-order valence-electron chi connectivity index (χ4n) is 3.14. The second-order valence-corrected chi connectivity index (χ2v) is 8.34. The molecule has 9 heteroatoms. The Morgan fingerprint density at radius 2 is 1.23 bits per heavy atom. The van der Waals surface area contributed by atoms with Crippen LogP contribution in [0.2, 0.25) is 0 Å². The second kappa shape index (κ2) is 10.6. The van der Waals surface area contributed by atoms with Gasteiger partial charge in [-0.05, 0) is 20.8 Å². The van der Waals surface area contributed by atoms with E-state index < -0.39 is 0 Å². The standard InChI is InChI=1S/C21H35N3O6/c1-15-9-22(15)12-18(4)28-25-7-8-26-30-20(6)21(24-11-17(24)3)14-27-29-19(5)13-23-10-16(23)2/h15-17,21H,4-14H2,1-3H3. The predicted octanol–water partition coefficient (Wildman–Crippen LogP) is 1.85. The third-order valence-corrected chi connectivity index (χ3v) is 5.41. The lowest BCUT2D eigenvalue weighted by atomic mass is 10.3. The first-order valence-corrected chi connectivity index (χ1v) is 10.5. The number of hydrogen-bond donors (Lipinski definition) is 0. The molecule has 0 saturated carbocycles. The predicted molar refractivity (Wildman–Crippen MR) is 111 cm³/mol. The Morgan fingerprint density at radius 1 is 0.767 bits per heavy atom. The zero-order valence-corrected chi connectivity index (χ0v) is 18.4. The Morgan fingerprint density at radius 3 is 1.70 bits per heavy atom. The molecule has 30 heavy (non-hydrogen) atoms. The molecule has 0 aromatic rings. The quantitative estimate of drug-likeness (QED) is 0.114. The smallest absolute Gasteiger partial charge is 0.154 e. The van der Waals surface area contributed by atoms with Crippen molar-refractivity contribution in [2.45, 2.75) is 44.9 Å². The molecule has 7 unspecified atom stereocenters. The van der Waals surface area contributed by atoms with Crippen molar-refractivity contribution in [3.05, 3.63) is 37.0 Å². The normalized spacial score (nSPS) is 32.1. The van der Waals surface area contributed by atoms with Crippen LogP contribution in [0.1, 0.15) is 20.8 Å². The third kappa shape index (κ3) is 7.57. The molecule has 0 amide bonds. The van der Waals surface area contributed by atoms with Crippen molar-refractivity contribution in [3.8, 4) is 0 Å². The van der Waals surface area contributed by atoms with Crippen LogP contribution in [0.4, 0.5) is 0 Å². The Kier molecular flexibility index (Phi) is 8.15. The van der Waals surface area contributed by atoms with Gasteiger partial charge in [-0.1, -0.05) is 19.7 Å². The minimum atomic E-state index is -0.167. The Bertz CT molecular complexity index is 630. The number of rotatable bonds is 17. The van der Waals surface area contributed by atoms with Gasteiger partial charge in [-0.25, -0.2) is 0 Å². The summed E-state index contributed by atoms with van der Waals surface area (Å²) in [5, 5.41) is 0. The molecule has 9 nitrogen and oxygen atoms in total. The van der Waals surface area contributed by atoms with Gasteiger partial charge >= 0.3 is 0 Å². The summed E-state index contributed by atoms with van der Waals surface area (Å²) in [4.78, 5) is 38.0. The van der Waals surface area contributed by atoms with E-state index in [4.69, 9.17) is 29.3 Å². The molecule has 3 saturated heterocycles. The van der Waals surface area contributed by atoms with Crippen LogP contribution in [-0.2, 0) is 29.3 Å². The van der Waals surface area contributed by atoms with Gasteiger partial charge in [0.15, 0.2) is 5.76 Å². The molecule has 0 aromatic heterocycles. The molecule has 0 aromatic carbocycles. The highest BCUT2D eigenvalue weighted by Gasteiger charge is 2.39. The van der Waals surface area contributed by atoms with Crippen molar-refractivity contribution in [3.63, 3.8) is 0 Å². The molecule has 3 heterocycles. The van der Waals surface area contributed by atoms with Gasteiger partial charge in [-0.15, -0.1) is 0 Å². The first-order chi connectivity index (χ1) is 14.3. The molecule has 0 aliphatic carbocycles. The van der Waals surface area contributed by atoms with Gasteiger partial charge in [0.2, 0.25) is 0 Å². The molecule has 170 valence electrons. The largest absolute Gasteiger partial charge is 0.341 e. The maximum Gasteiger partial charge on any atom is 0.154 e. The molecule has 0 N–H and O–H groups in total. The SMILES string of the molecule is C=C(CN1CC1C)OOCCOOC(=C)C(COOC(=C)CN1CC1C)N1CC1C. The van der Waals surface area contributed by atoms with E-state index in [-0.39, 0.29) is 25.9 Å². The first-order valence-electron chi connectivity index (χ1n) is 10.5. The lowest BCUT2D eigenvalue weighted by Crippen LogP contribution is -2.29. The molecule has 0 bridgehead atoms. The van der Waals surface area contributed by atoms with Crippen molar-refractivity contribution in [2.24, 2.45) is 0 Å². The monoisotopic (exact) mass is 425 g/mol. The zero-order valence-electron chi connectivity index (χ0n) is 18.4. The van der Waals surface area contributed by atoms with Crippen LogP contribution < -0.4 is 0 Å². The number of hydrogen-bond acceptors (Lipinski definition) is 9. The lowest BCUT2D eigenvalue weighted by molar-refractivity contribution is -0.318. The molecule has 3 fully saturated rings. The lowest BCUT2D eigenvalue weighted by Gasteiger charge is -2.20. The van der Waals surface area contributed by atoms with Crippen molar-refractivity contribution in [1.82, 2.24) is 14.7 Å². The van der Waals surface area contributed by atoms with Gasteiger partial charge in [0.25, 0.3) is 0 Å². The highest BCUT2D eigenvalue weighted by Crippen LogP contribution is 2.26. The van der Waals surface area contributed by atoms with Gasteiger partial charge in [0.1, 0.15) is 31.3 Å².